The lowest BCUT2D eigenvalue weighted by atomic mass is 10.2. The quantitative estimate of drug-likeness (QED) is 0.637. The molecule has 2 N–H and O–H groups in total. The van der Waals surface area contributed by atoms with Crippen LogP contribution in [0.15, 0.2) is 29.6 Å². The van der Waals surface area contributed by atoms with Crippen LogP contribution < -0.4 is 10.7 Å². The molecule has 0 aliphatic carbocycles. The number of carbonyl (C=O) groups is 1. The number of hydrogen-bond donors (Lipinski definition) is 2. The molecule has 0 aromatic carbocycles. The maximum Gasteiger partial charge on any atom is 0.335 e. The molecule has 1 aromatic rings. The highest BCUT2D eigenvalue weighted by atomic mass is 16.2. The molecule has 13 heavy (non-hydrogen) atoms. The minimum Gasteiger partial charge on any atom is -0.331 e. The molecule has 0 spiro atoms. The van der Waals surface area contributed by atoms with E-state index in [9.17, 15) is 4.79 Å². The van der Waals surface area contributed by atoms with Crippen LogP contribution in [0.2, 0.25) is 0 Å². The van der Waals surface area contributed by atoms with E-state index in [1.54, 1.807) is 12.4 Å². The molecule has 1 aliphatic rings. The normalized spacial score (nSPS) is 15.7. The van der Waals surface area contributed by atoms with Crippen LogP contribution in [0.3, 0.4) is 0 Å². The number of carbonyl (C=O) groups excluding carboxylic acids is 1. The third-order valence-electron chi connectivity index (χ3n) is 1.70. The first-order valence-corrected chi connectivity index (χ1v) is 3.87. The van der Waals surface area contributed by atoms with Gasteiger partial charge in [0.25, 0.3) is 0 Å². The minimum absolute atomic E-state index is 0.271. The molecule has 66 valence electrons. The van der Waals surface area contributed by atoms with Crippen molar-refractivity contribution < 1.29 is 4.79 Å². The van der Waals surface area contributed by atoms with E-state index in [4.69, 9.17) is 0 Å². The number of amides is 2. The molecule has 0 saturated heterocycles. The summed E-state index contributed by atoms with van der Waals surface area (Å²) in [6, 6.07) is 3.45. The maximum absolute atomic E-state index is 10.7. The number of pyridine rings is 1. The number of aromatic nitrogens is 1. The fraction of sp³-hybridized carbons (Fsp3) is 0.125. The Hall–Kier alpha value is -1.91. The second-order valence-electron chi connectivity index (χ2n) is 2.59. The predicted octanol–water partition coefficient (Wildman–Crippen LogP) is 0.0985. The summed E-state index contributed by atoms with van der Waals surface area (Å²) < 4.78 is 0. The number of hydrazone groups is 1. The van der Waals surface area contributed by atoms with Crippen LogP contribution in [0.4, 0.5) is 4.79 Å². The molecular weight excluding hydrogens is 168 g/mol. The summed E-state index contributed by atoms with van der Waals surface area (Å²) >= 11 is 0. The topological polar surface area (TPSA) is 66.4 Å². The Morgan fingerprint density at radius 2 is 2.38 bits per heavy atom. The summed E-state index contributed by atoms with van der Waals surface area (Å²) in [5.41, 5.74) is 4.04. The number of nitrogens with zero attached hydrogens (tertiary/aromatic N) is 2. The standard InChI is InChI=1S/C8H8N4O/c13-8-10-5-7(11-12-8)6-2-1-3-9-4-6/h1-4H,5H2,(H2,10,12,13). The Labute approximate surface area is 74.9 Å². The van der Waals surface area contributed by atoms with E-state index in [1.165, 1.54) is 0 Å². The highest BCUT2D eigenvalue weighted by molar-refractivity contribution is 6.04. The molecule has 0 unspecified atom stereocenters. The average molecular weight is 176 g/mol. The highest BCUT2D eigenvalue weighted by Crippen LogP contribution is 1.99. The van der Waals surface area contributed by atoms with Gasteiger partial charge < -0.3 is 5.32 Å². The molecule has 0 saturated carbocycles. The van der Waals surface area contributed by atoms with Crippen LogP contribution in [-0.2, 0) is 0 Å². The maximum atomic E-state index is 10.7. The largest absolute Gasteiger partial charge is 0.335 e. The highest BCUT2D eigenvalue weighted by Gasteiger charge is 2.11. The van der Waals surface area contributed by atoms with Gasteiger partial charge in [-0.2, -0.15) is 5.10 Å². The van der Waals surface area contributed by atoms with Crippen molar-refractivity contribution in [3.05, 3.63) is 30.1 Å². The molecule has 0 fully saturated rings. The van der Waals surface area contributed by atoms with Crippen LogP contribution in [-0.4, -0.2) is 23.3 Å². The fourth-order valence-electron chi connectivity index (χ4n) is 1.06. The summed E-state index contributed by atoms with van der Waals surface area (Å²) in [6.07, 6.45) is 3.40. The van der Waals surface area contributed by atoms with Gasteiger partial charge in [-0.3, -0.25) is 4.98 Å². The van der Waals surface area contributed by atoms with Gasteiger partial charge in [-0.05, 0) is 12.1 Å². The van der Waals surface area contributed by atoms with Gasteiger partial charge >= 0.3 is 6.03 Å². The van der Waals surface area contributed by atoms with Crippen molar-refractivity contribution in [3.8, 4) is 0 Å². The number of hydrogen-bond acceptors (Lipinski definition) is 3. The van der Waals surface area contributed by atoms with E-state index in [0.717, 1.165) is 11.3 Å². The molecule has 2 amide bonds. The number of nitrogens with one attached hydrogen (secondary N) is 2. The Bertz CT molecular complexity index is 346. The van der Waals surface area contributed by atoms with Crippen LogP contribution in [0.25, 0.3) is 0 Å². The molecule has 5 heteroatoms. The first-order chi connectivity index (χ1) is 6.36. The zero-order chi connectivity index (χ0) is 9.10. The first-order valence-electron chi connectivity index (χ1n) is 3.87. The van der Waals surface area contributed by atoms with Crippen LogP contribution in [0.1, 0.15) is 5.56 Å². The molecule has 0 bridgehead atoms. The Morgan fingerprint density at radius 1 is 1.46 bits per heavy atom. The molecule has 1 aromatic heterocycles. The minimum atomic E-state index is -0.271. The molecule has 0 radical (unpaired) electrons. The van der Waals surface area contributed by atoms with Crippen molar-refractivity contribution >= 4 is 11.7 Å². The predicted molar refractivity (Wildman–Crippen MR) is 47.3 cm³/mol. The Balaban J connectivity index is 2.23. The molecule has 2 heterocycles. The molecule has 1 aliphatic heterocycles. The van der Waals surface area contributed by atoms with Gasteiger partial charge in [0.15, 0.2) is 0 Å². The van der Waals surface area contributed by atoms with E-state index in [2.05, 4.69) is 20.8 Å². The number of urea groups is 1. The van der Waals surface area contributed by atoms with Gasteiger partial charge in [-0.25, -0.2) is 10.2 Å². The lowest BCUT2D eigenvalue weighted by Gasteiger charge is -2.13. The van der Waals surface area contributed by atoms with Gasteiger partial charge in [0.05, 0.1) is 12.3 Å². The van der Waals surface area contributed by atoms with E-state index in [0.29, 0.717) is 6.54 Å². The van der Waals surface area contributed by atoms with Crippen molar-refractivity contribution in [1.82, 2.24) is 15.7 Å². The summed E-state index contributed by atoms with van der Waals surface area (Å²) in [6.45, 7) is 0.442. The summed E-state index contributed by atoms with van der Waals surface area (Å²) in [7, 11) is 0. The second kappa shape index (κ2) is 3.22. The summed E-state index contributed by atoms with van der Waals surface area (Å²) in [5, 5.41) is 6.52. The number of rotatable bonds is 1. The molecular formula is C8H8N4O. The molecule has 2 rings (SSSR count). The third kappa shape index (κ3) is 1.64. The summed E-state index contributed by atoms with van der Waals surface area (Å²) in [5.74, 6) is 0. The van der Waals surface area contributed by atoms with E-state index >= 15 is 0 Å². The molecule has 0 atom stereocenters. The van der Waals surface area contributed by atoms with E-state index < -0.39 is 0 Å². The SMILES string of the molecule is O=C1NCC(c2cccnc2)=NN1. The van der Waals surface area contributed by atoms with Crippen molar-refractivity contribution in [2.75, 3.05) is 6.54 Å². The molecule has 5 nitrogen and oxygen atoms in total. The van der Waals surface area contributed by atoms with Crippen molar-refractivity contribution in [2.45, 2.75) is 0 Å². The fourth-order valence-corrected chi connectivity index (χ4v) is 1.06. The van der Waals surface area contributed by atoms with Gasteiger partial charge in [0.1, 0.15) is 0 Å². The zero-order valence-electron chi connectivity index (χ0n) is 6.82. The monoisotopic (exact) mass is 176 g/mol. The Kier molecular flexibility index (Phi) is 1.91. The average Bonchev–Trinajstić information content (AvgIpc) is 2.20. The lowest BCUT2D eigenvalue weighted by Crippen LogP contribution is -2.42. The van der Waals surface area contributed by atoms with E-state index in [1.807, 2.05) is 12.1 Å². The zero-order valence-corrected chi connectivity index (χ0v) is 6.82. The van der Waals surface area contributed by atoms with Crippen molar-refractivity contribution in [1.29, 1.82) is 0 Å². The summed E-state index contributed by atoms with van der Waals surface area (Å²) in [4.78, 5) is 14.7. The smallest absolute Gasteiger partial charge is 0.331 e. The Morgan fingerprint density at radius 3 is 3.00 bits per heavy atom. The van der Waals surface area contributed by atoms with Crippen LogP contribution >= 0.6 is 0 Å². The first kappa shape index (κ1) is 7.72. The van der Waals surface area contributed by atoms with Crippen LogP contribution in [0, 0.1) is 0 Å². The third-order valence-corrected chi connectivity index (χ3v) is 1.70. The van der Waals surface area contributed by atoms with Crippen LogP contribution in [0.5, 0.6) is 0 Å². The van der Waals surface area contributed by atoms with Gasteiger partial charge in [0, 0.05) is 18.0 Å². The van der Waals surface area contributed by atoms with Gasteiger partial charge in [0.2, 0.25) is 0 Å². The van der Waals surface area contributed by atoms with E-state index in [-0.39, 0.29) is 6.03 Å². The van der Waals surface area contributed by atoms with Crippen molar-refractivity contribution in [2.24, 2.45) is 5.10 Å². The second-order valence-corrected chi connectivity index (χ2v) is 2.59. The van der Waals surface area contributed by atoms with Crippen molar-refractivity contribution in [3.63, 3.8) is 0 Å². The van der Waals surface area contributed by atoms with Gasteiger partial charge in [-0.1, -0.05) is 0 Å². The van der Waals surface area contributed by atoms with Gasteiger partial charge in [-0.15, -0.1) is 0 Å². The lowest BCUT2D eigenvalue weighted by molar-refractivity contribution is 0.241.